The van der Waals surface area contributed by atoms with Crippen molar-refractivity contribution in [2.45, 2.75) is 19.9 Å². The zero-order valence-electron chi connectivity index (χ0n) is 9.73. The molecule has 0 radical (unpaired) electrons. The predicted octanol–water partition coefficient (Wildman–Crippen LogP) is 1.28. The summed E-state index contributed by atoms with van der Waals surface area (Å²) >= 11 is 0. The molecular weight excluding hydrogens is 208 g/mol. The molecule has 0 bridgehead atoms. The number of aromatic nitrogens is 1. The first-order valence-corrected chi connectivity index (χ1v) is 5.30. The van der Waals surface area contributed by atoms with Crippen LogP contribution >= 0.6 is 0 Å². The molecular formula is C11H18N2O3. The molecule has 1 heterocycles. The highest BCUT2D eigenvalue weighted by Crippen LogP contribution is 2.12. The predicted molar refractivity (Wildman–Crippen MR) is 61.3 cm³/mol. The molecule has 0 atom stereocenters. The normalized spacial score (nSPS) is 10.4. The largest absolute Gasteiger partial charge is 0.459 e. The van der Waals surface area contributed by atoms with Crippen LogP contribution in [0.15, 0.2) is 12.3 Å². The van der Waals surface area contributed by atoms with Gasteiger partial charge in [0.1, 0.15) is 12.3 Å². The minimum atomic E-state index is -0.359. The third kappa shape index (κ3) is 3.27. The lowest BCUT2D eigenvalue weighted by atomic mass is 10.4. The van der Waals surface area contributed by atoms with Gasteiger partial charge < -0.3 is 19.8 Å². The van der Waals surface area contributed by atoms with E-state index in [9.17, 15) is 4.79 Å². The number of carbonyl (C=O) groups is 1. The Morgan fingerprint density at radius 3 is 2.88 bits per heavy atom. The number of carbonyl (C=O) groups excluding carboxylic acids is 1. The maximum Gasteiger partial charge on any atom is 0.355 e. The van der Waals surface area contributed by atoms with Gasteiger partial charge in [0.25, 0.3) is 0 Å². The van der Waals surface area contributed by atoms with Gasteiger partial charge >= 0.3 is 5.97 Å². The standard InChI is InChI=1S/C11H18N2O3/c1-3-4-13-8-9(12)7-10(13)11(14)16-6-5-15-2/h7-8H,3-6,12H2,1-2H3. The Balaban J connectivity index is 2.66. The average Bonchev–Trinajstić information content (AvgIpc) is 2.60. The van der Waals surface area contributed by atoms with E-state index < -0.39 is 0 Å². The molecule has 0 unspecified atom stereocenters. The Kier molecular flexibility index (Phi) is 4.85. The van der Waals surface area contributed by atoms with E-state index in [0.717, 1.165) is 13.0 Å². The lowest BCUT2D eigenvalue weighted by Gasteiger charge is -2.07. The Labute approximate surface area is 95.1 Å². The van der Waals surface area contributed by atoms with Crippen LogP contribution in [0.25, 0.3) is 0 Å². The van der Waals surface area contributed by atoms with Crippen molar-refractivity contribution in [3.8, 4) is 0 Å². The Hall–Kier alpha value is -1.49. The second-order valence-electron chi connectivity index (χ2n) is 3.48. The molecule has 1 rings (SSSR count). The molecule has 0 aliphatic heterocycles. The molecule has 0 spiro atoms. The number of aryl methyl sites for hydroxylation is 1. The molecule has 0 saturated carbocycles. The van der Waals surface area contributed by atoms with Gasteiger partial charge in [0.15, 0.2) is 0 Å². The summed E-state index contributed by atoms with van der Waals surface area (Å²) < 4.78 is 11.6. The molecule has 5 heteroatoms. The fourth-order valence-electron chi connectivity index (χ4n) is 1.42. The minimum Gasteiger partial charge on any atom is -0.459 e. The lowest BCUT2D eigenvalue weighted by molar-refractivity contribution is 0.0376. The summed E-state index contributed by atoms with van der Waals surface area (Å²) in [5.74, 6) is -0.359. The van der Waals surface area contributed by atoms with Crippen LogP contribution in [0.4, 0.5) is 5.69 Å². The van der Waals surface area contributed by atoms with Gasteiger partial charge in [-0.15, -0.1) is 0 Å². The number of nitrogens with zero attached hydrogens (tertiary/aromatic N) is 1. The van der Waals surface area contributed by atoms with Crippen LogP contribution in [0.2, 0.25) is 0 Å². The maximum absolute atomic E-state index is 11.7. The highest BCUT2D eigenvalue weighted by Gasteiger charge is 2.13. The molecule has 5 nitrogen and oxygen atoms in total. The Morgan fingerprint density at radius 1 is 1.50 bits per heavy atom. The van der Waals surface area contributed by atoms with Gasteiger partial charge in [-0.25, -0.2) is 4.79 Å². The van der Waals surface area contributed by atoms with Crippen molar-refractivity contribution in [3.05, 3.63) is 18.0 Å². The zero-order chi connectivity index (χ0) is 12.0. The lowest BCUT2D eigenvalue weighted by Crippen LogP contribution is -2.14. The van der Waals surface area contributed by atoms with Crippen LogP contribution in [0.1, 0.15) is 23.8 Å². The van der Waals surface area contributed by atoms with Crippen molar-refractivity contribution >= 4 is 11.7 Å². The second-order valence-corrected chi connectivity index (χ2v) is 3.48. The van der Waals surface area contributed by atoms with Crippen molar-refractivity contribution < 1.29 is 14.3 Å². The molecule has 0 amide bonds. The third-order valence-corrected chi connectivity index (χ3v) is 2.11. The quantitative estimate of drug-likeness (QED) is 0.586. The summed E-state index contributed by atoms with van der Waals surface area (Å²) in [4.78, 5) is 11.7. The number of methoxy groups -OCH3 is 1. The molecule has 2 N–H and O–H groups in total. The molecule has 0 aliphatic rings. The number of rotatable bonds is 6. The number of ether oxygens (including phenoxy) is 2. The Bertz CT molecular complexity index is 347. The van der Waals surface area contributed by atoms with Crippen LogP contribution in [-0.4, -0.2) is 30.9 Å². The summed E-state index contributed by atoms with van der Waals surface area (Å²) in [5, 5.41) is 0. The number of hydrogen-bond acceptors (Lipinski definition) is 4. The molecule has 16 heavy (non-hydrogen) atoms. The Morgan fingerprint density at radius 2 is 2.25 bits per heavy atom. The van der Waals surface area contributed by atoms with Crippen molar-refractivity contribution in [2.75, 3.05) is 26.1 Å². The molecule has 0 saturated heterocycles. The third-order valence-electron chi connectivity index (χ3n) is 2.11. The fourth-order valence-corrected chi connectivity index (χ4v) is 1.42. The van der Waals surface area contributed by atoms with Crippen LogP contribution in [0.3, 0.4) is 0 Å². The summed E-state index contributed by atoms with van der Waals surface area (Å²) in [7, 11) is 1.56. The zero-order valence-corrected chi connectivity index (χ0v) is 9.73. The second kappa shape index (κ2) is 6.17. The van der Waals surface area contributed by atoms with Crippen molar-refractivity contribution in [1.29, 1.82) is 0 Å². The number of nitrogen functional groups attached to an aromatic ring is 1. The number of anilines is 1. The maximum atomic E-state index is 11.7. The SMILES string of the molecule is CCCn1cc(N)cc1C(=O)OCCOC. The smallest absolute Gasteiger partial charge is 0.355 e. The van der Waals surface area contributed by atoms with Crippen molar-refractivity contribution in [3.63, 3.8) is 0 Å². The van der Waals surface area contributed by atoms with Crippen LogP contribution in [-0.2, 0) is 16.0 Å². The number of nitrogens with two attached hydrogens (primary N) is 1. The first kappa shape index (κ1) is 12.6. The average molecular weight is 226 g/mol. The van der Waals surface area contributed by atoms with E-state index >= 15 is 0 Å². The summed E-state index contributed by atoms with van der Waals surface area (Å²) in [6.07, 6.45) is 2.68. The summed E-state index contributed by atoms with van der Waals surface area (Å²) in [6.45, 7) is 3.45. The van der Waals surface area contributed by atoms with Crippen LogP contribution in [0, 0.1) is 0 Å². The van der Waals surface area contributed by atoms with E-state index in [4.69, 9.17) is 15.2 Å². The monoisotopic (exact) mass is 226 g/mol. The van der Waals surface area contributed by atoms with E-state index in [1.54, 1.807) is 19.4 Å². The van der Waals surface area contributed by atoms with Crippen LogP contribution in [0.5, 0.6) is 0 Å². The van der Waals surface area contributed by atoms with Gasteiger partial charge in [-0.1, -0.05) is 6.92 Å². The van der Waals surface area contributed by atoms with Gasteiger partial charge in [-0.05, 0) is 12.5 Å². The van der Waals surface area contributed by atoms with Crippen molar-refractivity contribution in [1.82, 2.24) is 4.57 Å². The molecule has 0 aromatic carbocycles. The van der Waals surface area contributed by atoms with E-state index in [-0.39, 0.29) is 12.6 Å². The van der Waals surface area contributed by atoms with Gasteiger partial charge in [-0.3, -0.25) is 0 Å². The topological polar surface area (TPSA) is 66.5 Å². The highest BCUT2D eigenvalue weighted by atomic mass is 16.6. The van der Waals surface area contributed by atoms with Gasteiger partial charge in [0.2, 0.25) is 0 Å². The van der Waals surface area contributed by atoms with Gasteiger partial charge in [0, 0.05) is 19.9 Å². The molecule has 0 fully saturated rings. The fraction of sp³-hybridized carbons (Fsp3) is 0.545. The first-order valence-electron chi connectivity index (χ1n) is 5.30. The number of hydrogen-bond donors (Lipinski definition) is 1. The first-order chi connectivity index (χ1) is 7.69. The molecule has 90 valence electrons. The van der Waals surface area contributed by atoms with E-state index in [1.807, 2.05) is 11.5 Å². The molecule has 1 aromatic heterocycles. The van der Waals surface area contributed by atoms with Gasteiger partial charge in [0.05, 0.1) is 12.3 Å². The molecule has 0 aliphatic carbocycles. The van der Waals surface area contributed by atoms with E-state index in [1.165, 1.54) is 0 Å². The summed E-state index contributed by atoms with van der Waals surface area (Å²) in [6, 6.07) is 1.63. The van der Waals surface area contributed by atoms with E-state index in [0.29, 0.717) is 18.0 Å². The molecule has 1 aromatic rings. The minimum absolute atomic E-state index is 0.256. The van der Waals surface area contributed by atoms with Crippen LogP contribution < -0.4 is 5.73 Å². The number of esters is 1. The highest BCUT2D eigenvalue weighted by molar-refractivity contribution is 5.89. The van der Waals surface area contributed by atoms with E-state index in [2.05, 4.69) is 0 Å². The van der Waals surface area contributed by atoms with Crippen molar-refractivity contribution in [2.24, 2.45) is 0 Å². The summed E-state index contributed by atoms with van der Waals surface area (Å²) in [5.41, 5.74) is 6.72. The van der Waals surface area contributed by atoms with Gasteiger partial charge in [-0.2, -0.15) is 0 Å².